The van der Waals surface area contributed by atoms with Crippen molar-refractivity contribution in [1.82, 2.24) is 14.9 Å². The smallest absolute Gasteiger partial charge is 0.289 e. The van der Waals surface area contributed by atoms with Crippen LogP contribution in [0.4, 0.5) is 0 Å². The van der Waals surface area contributed by atoms with Gasteiger partial charge in [-0.3, -0.25) is 4.79 Å². The van der Waals surface area contributed by atoms with Crippen molar-refractivity contribution in [2.45, 2.75) is 44.2 Å². The molecule has 2 fully saturated rings. The summed E-state index contributed by atoms with van der Waals surface area (Å²) in [5, 5.41) is 3.19. The lowest BCUT2D eigenvalue weighted by molar-refractivity contribution is 0.0720. The predicted octanol–water partition coefficient (Wildman–Crippen LogP) is 1.43. The van der Waals surface area contributed by atoms with E-state index >= 15 is 0 Å². The molecule has 1 aromatic rings. The number of furan rings is 1. The van der Waals surface area contributed by atoms with E-state index in [-0.39, 0.29) is 16.8 Å². The van der Waals surface area contributed by atoms with Crippen LogP contribution in [0.3, 0.4) is 0 Å². The van der Waals surface area contributed by atoms with Crippen LogP contribution in [0.1, 0.15) is 44.2 Å². The van der Waals surface area contributed by atoms with Crippen molar-refractivity contribution in [3.63, 3.8) is 0 Å². The van der Waals surface area contributed by atoms with Gasteiger partial charge in [0.05, 0.1) is 0 Å². The highest BCUT2D eigenvalue weighted by Gasteiger charge is 2.33. The Morgan fingerprint density at radius 3 is 2.36 bits per heavy atom. The molecule has 8 heteroatoms. The number of sulfonamides is 1. The molecule has 0 saturated carbocycles. The SMILES string of the molecule is CC(C)(C)NS(=O)(=O)c1ccc(C(=O)N2CC[C@@H]3CNC[C@@H]3CC2)o1. The van der Waals surface area contributed by atoms with Gasteiger partial charge in [-0.1, -0.05) is 0 Å². The number of amides is 1. The van der Waals surface area contributed by atoms with Gasteiger partial charge >= 0.3 is 0 Å². The number of carbonyl (C=O) groups is 1. The van der Waals surface area contributed by atoms with Gasteiger partial charge in [0.2, 0.25) is 5.09 Å². The molecule has 0 spiro atoms. The number of rotatable bonds is 3. The standard InChI is InChI=1S/C17H27N3O4S/c1-17(2,3)19-25(22,23)15-5-4-14(24-15)16(21)20-8-6-12-10-18-11-13(12)7-9-20/h4-5,12-13,18-19H,6-11H2,1-3H3/t12-,13+. The van der Waals surface area contributed by atoms with Gasteiger partial charge in [-0.05, 0) is 70.7 Å². The molecule has 0 unspecified atom stereocenters. The van der Waals surface area contributed by atoms with Crippen LogP contribution in [-0.2, 0) is 10.0 Å². The normalized spacial score (nSPS) is 24.8. The minimum absolute atomic E-state index is 0.0828. The number of hydrogen-bond acceptors (Lipinski definition) is 5. The highest BCUT2D eigenvalue weighted by molar-refractivity contribution is 7.89. The summed E-state index contributed by atoms with van der Waals surface area (Å²) in [4.78, 5) is 14.5. The molecular formula is C17H27N3O4S. The second-order valence-corrected chi connectivity index (χ2v) is 9.64. The summed E-state index contributed by atoms with van der Waals surface area (Å²) in [5.41, 5.74) is -0.619. The Morgan fingerprint density at radius 2 is 1.80 bits per heavy atom. The first-order valence-corrected chi connectivity index (χ1v) is 10.3. The fourth-order valence-corrected chi connectivity index (χ4v) is 4.96. The third-order valence-electron chi connectivity index (χ3n) is 4.80. The van der Waals surface area contributed by atoms with E-state index in [1.807, 2.05) is 0 Å². The molecule has 1 aromatic heterocycles. The van der Waals surface area contributed by atoms with Crippen LogP contribution in [0.25, 0.3) is 0 Å². The van der Waals surface area contributed by atoms with E-state index in [0.29, 0.717) is 24.9 Å². The van der Waals surface area contributed by atoms with Crippen molar-refractivity contribution in [3.05, 3.63) is 17.9 Å². The first-order valence-electron chi connectivity index (χ1n) is 8.79. The van der Waals surface area contributed by atoms with Crippen molar-refractivity contribution in [1.29, 1.82) is 0 Å². The summed E-state index contributed by atoms with van der Waals surface area (Å²) in [6, 6.07) is 2.80. The largest absolute Gasteiger partial charge is 0.438 e. The quantitative estimate of drug-likeness (QED) is 0.841. The molecular weight excluding hydrogens is 342 g/mol. The van der Waals surface area contributed by atoms with Crippen LogP contribution < -0.4 is 10.0 Å². The van der Waals surface area contributed by atoms with E-state index in [1.165, 1.54) is 12.1 Å². The van der Waals surface area contributed by atoms with E-state index in [0.717, 1.165) is 25.9 Å². The van der Waals surface area contributed by atoms with Crippen LogP contribution >= 0.6 is 0 Å². The van der Waals surface area contributed by atoms with E-state index in [1.54, 1.807) is 25.7 Å². The summed E-state index contributed by atoms with van der Waals surface area (Å²) in [6.07, 6.45) is 1.95. The lowest BCUT2D eigenvalue weighted by atomic mass is 9.92. The number of likely N-dealkylation sites (tertiary alicyclic amines) is 1. The van der Waals surface area contributed by atoms with E-state index < -0.39 is 15.6 Å². The third-order valence-corrected chi connectivity index (χ3v) is 6.43. The molecule has 140 valence electrons. The lowest BCUT2D eigenvalue weighted by Gasteiger charge is -2.20. The Bertz CT molecular complexity index is 721. The van der Waals surface area contributed by atoms with Gasteiger partial charge in [0, 0.05) is 18.6 Å². The number of hydrogen-bond donors (Lipinski definition) is 2. The molecule has 2 aliphatic rings. The molecule has 2 saturated heterocycles. The van der Waals surface area contributed by atoms with Gasteiger partial charge < -0.3 is 14.6 Å². The fourth-order valence-electron chi connectivity index (χ4n) is 3.61. The molecule has 3 rings (SSSR count). The number of nitrogens with zero attached hydrogens (tertiary/aromatic N) is 1. The first kappa shape index (κ1) is 18.4. The molecule has 7 nitrogen and oxygen atoms in total. The maximum absolute atomic E-state index is 12.7. The van der Waals surface area contributed by atoms with E-state index in [9.17, 15) is 13.2 Å². The van der Waals surface area contributed by atoms with Crippen molar-refractivity contribution in [3.8, 4) is 0 Å². The molecule has 0 radical (unpaired) electrons. The van der Waals surface area contributed by atoms with Crippen LogP contribution in [-0.4, -0.2) is 50.9 Å². The van der Waals surface area contributed by atoms with Crippen LogP contribution in [0, 0.1) is 11.8 Å². The summed E-state index contributed by atoms with van der Waals surface area (Å²) >= 11 is 0. The van der Waals surface area contributed by atoms with Crippen molar-refractivity contribution < 1.29 is 17.6 Å². The van der Waals surface area contributed by atoms with Crippen LogP contribution in [0.2, 0.25) is 0 Å². The third kappa shape index (κ3) is 4.24. The van der Waals surface area contributed by atoms with E-state index in [4.69, 9.17) is 4.42 Å². The maximum Gasteiger partial charge on any atom is 0.289 e. The Labute approximate surface area is 149 Å². The minimum Gasteiger partial charge on any atom is -0.438 e. The van der Waals surface area contributed by atoms with Gasteiger partial charge in [-0.15, -0.1) is 0 Å². The number of fused-ring (bicyclic) bond motifs is 1. The van der Waals surface area contributed by atoms with Crippen molar-refractivity contribution in [2.75, 3.05) is 26.2 Å². The van der Waals surface area contributed by atoms with Gasteiger partial charge in [-0.2, -0.15) is 0 Å². The Balaban J connectivity index is 1.70. The molecule has 25 heavy (non-hydrogen) atoms. The second kappa shape index (κ2) is 6.74. The topological polar surface area (TPSA) is 91.7 Å². The van der Waals surface area contributed by atoms with Gasteiger partial charge in [0.25, 0.3) is 15.9 Å². The van der Waals surface area contributed by atoms with Gasteiger partial charge in [0.1, 0.15) is 0 Å². The first-order chi connectivity index (χ1) is 11.7. The highest BCUT2D eigenvalue weighted by atomic mass is 32.2. The Morgan fingerprint density at radius 1 is 1.20 bits per heavy atom. The van der Waals surface area contributed by atoms with E-state index in [2.05, 4.69) is 10.0 Å². The average molecular weight is 369 g/mol. The summed E-state index contributed by atoms with van der Waals surface area (Å²) in [7, 11) is -3.78. The minimum atomic E-state index is -3.78. The number of carbonyl (C=O) groups excluding carboxylic acids is 1. The lowest BCUT2D eigenvalue weighted by Crippen LogP contribution is -2.40. The second-order valence-electron chi connectivity index (χ2n) is 8.02. The summed E-state index contributed by atoms with van der Waals surface area (Å²) in [5.74, 6) is 1.10. The Hall–Kier alpha value is -1.38. The maximum atomic E-state index is 12.7. The van der Waals surface area contributed by atoms with Crippen molar-refractivity contribution in [2.24, 2.45) is 11.8 Å². The monoisotopic (exact) mass is 369 g/mol. The summed E-state index contributed by atoms with van der Waals surface area (Å²) in [6.45, 7) is 8.67. The molecule has 0 aliphatic carbocycles. The molecule has 2 aliphatic heterocycles. The zero-order valence-corrected chi connectivity index (χ0v) is 15.9. The molecule has 1 amide bonds. The fraction of sp³-hybridized carbons (Fsp3) is 0.706. The highest BCUT2D eigenvalue weighted by Crippen LogP contribution is 2.28. The number of nitrogens with one attached hydrogen (secondary N) is 2. The van der Waals surface area contributed by atoms with Crippen molar-refractivity contribution >= 4 is 15.9 Å². The van der Waals surface area contributed by atoms with Crippen LogP contribution in [0.15, 0.2) is 21.6 Å². The Kier molecular flexibility index (Phi) is 4.96. The van der Waals surface area contributed by atoms with Gasteiger partial charge in [-0.25, -0.2) is 13.1 Å². The zero-order valence-electron chi connectivity index (χ0n) is 15.0. The molecule has 3 heterocycles. The molecule has 2 N–H and O–H groups in total. The zero-order chi connectivity index (χ0) is 18.2. The molecule has 0 bridgehead atoms. The predicted molar refractivity (Wildman–Crippen MR) is 93.8 cm³/mol. The average Bonchev–Trinajstić information content (AvgIpc) is 3.11. The molecule has 2 atom stereocenters. The van der Waals surface area contributed by atoms with Gasteiger partial charge in [0.15, 0.2) is 5.76 Å². The molecule has 0 aromatic carbocycles. The summed E-state index contributed by atoms with van der Waals surface area (Å²) < 4.78 is 32.5. The van der Waals surface area contributed by atoms with Crippen LogP contribution in [0.5, 0.6) is 0 Å².